The number of carbonyl (C=O) groups excluding carboxylic acids is 1. The van der Waals surface area contributed by atoms with Gasteiger partial charge in [-0.2, -0.15) is 4.98 Å². The molecule has 0 unspecified atom stereocenters. The molecule has 34 heavy (non-hydrogen) atoms. The van der Waals surface area contributed by atoms with E-state index in [0.29, 0.717) is 43.7 Å². The van der Waals surface area contributed by atoms with Gasteiger partial charge in [0.05, 0.1) is 7.11 Å². The van der Waals surface area contributed by atoms with Gasteiger partial charge in [-0.3, -0.25) is 4.79 Å². The number of piperazine rings is 1. The summed E-state index contributed by atoms with van der Waals surface area (Å²) < 4.78 is 16.3. The number of methoxy groups -OCH3 is 1. The highest BCUT2D eigenvalue weighted by Crippen LogP contribution is 2.34. The molecule has 5 rings (SSSR count). The normalized spacial score (nSPS) is 16.6. The minimum atomic E-state index is -0.0195. The summed E-state index contributed by atoms with van der Waals surface area (Å²) in [5.74, 6) is 3.99. The second-order valence-corrected chi connectivity index (χ2v) is 8.67. The third kappa shape index (κ3) is 4.98. The molecule has 9 nitrogen and oxygen atoms in total. The molecule has 3 aromatic rings. The molecule has 2 aliphatic rings. The highest BCUT2D eigenvalue weighted by molar-refractivity contribution is 5.78. The lowest BCUT2D eigenvalue weighted by Crippen LogP contribution is -2.50. The van der Waals surface area contributed by atoms with Crippen molar-refractivity contribution in [1.82, 2.24) is 20.0 Å². The van der Waals surface area contributed by atoms with Crippen LogP contribution in [0, 0.1) is 0 Å². The molecule has 0 radical (unpaired) electrons. The number of carbonyl (C=O) groups is 1. The van der Waals surface area contributed by atoms with Crippen LogP contribution in [0.1, 0.15) is 37.5 Å². The molecule has 1 aliphatic heterocycles. The van der Waals surface area contributed by atoms with Gasteiger partial charge in [-0.25, -0.2) is 4.98 Å². The number of pyridine rings is 1. The molecule has 1 saturated heterocycles. The summed E-state index contributed by atoms with van der Waals surface area (Å²) in [5.41, 5.74) is 0.848. The van der Waals surface area contributed by atoms with Gasteiger partial charge < -0.3 is 23.8 Å². The van der Waals surface area contributed by atoms with Gasteiger partial charge in [0.25, 0.3) is 5.91 Å². The number of amides is 1. The standard InChI is InChI=1S/C25H29N5O4/c1-32-20-7-9-21(10-8-20)33-17-23(31)30-14-12-29(13-15-30)22-11-6-19(16-26-22)24-27-25(34-28-24)18-4-2-3-5-18/h6-11,16,18H,2-5,12-15,17H2,1H3. The van der Waals surface area contributed by atoms with Gasteiger partial charge in [-0.05, 0) is 49.2 Å². The van der Waals surface area contributed by atoms with Crippen molar-refractivity contribution in [3.8, 4) is 22.9 Å². The predicted octanol–water partition coefficient (Wildman–Crippen LogP) is 3.53. The van der Waals surface area contributed by atoms with Gasteiger partial charge in [0.15, 0.2) is 6.61 Å². The Hall–Kier alpha value is -3.62. The van der Waals surface area contributed by atoms with Gasteiger partial charge in [-0.15, -0.1) is 0 Å². The predicted molar refractivity (Wildman–Crippen MR) is 126 cm³/mol. The number of nitrogens with zero attached hydrogens (tertiary/aromatic N) is 5. The van der Waals surface area contributed by atoms with Crippen LogP contribution in [0.2, 0.25) is 0 Å². The minimum Gasteiger partial charge on any atom is -0.497 e. The average Bonchev–Trinajstić information content (AvgIpc) is 3.60. The largest absolute Gasteiger partial charge is 0.497 e. The second-order valence-electron chi connectivity index (χ2n) is 8.67. The lowest BCUT2D eigenvalue weighted by Gasteiger charge is -2.35. The fourth-order valence-electron chi connectivity index (χ4n) is 4.49. The molecule has 1 aromatic carbocycles. The summed E-state index contributed by atoms with van der Waals surface area (Å²) in [6.07, 6.45) is 6.50. The second kappa shape index (κ2) is 10.1. The molecule has 2 fully saturated rings. The van der Waals surface area contributed by atoms with E-state index in [4.69, 9.17) is 14.0 Å². The first kappa shape index (κ1) is 22.2. The van der Waals surface area contributed by atoms with Crippen molar-refractivity contribution in [2.24, 2.45) is 0 Å². The van der Waals surface area contributed by atoms with Gasteiger partial charge in [-0.1, -0.05) is 18.0 Å². The topological polar surface area (TPSA) is 93.8 Å². The van der Waals surface area contributed by atoms with Gasteiger partial charge >= 0.3 is 0 Å². The maximum absolute atomic E-state index is 12.6. The van der Waals surface area contributed by atoms with Crippen LogP contribution in [0.25, 0.3) is 11.4 Å². The first-order valence-electron chi connectivity index (χ1n) is 11.8. The summed E-state index contributed by atoms with van der Waals surface area (Å²) >= 11 is 0. The molecule has 178 valence electrons. The Morgan fingerprint density at radius 3 is 2.44 bits per heavy atom. The van der Waals surface area contributed by atoms with Crippen molar-refractivity contribution in [2.45, 2.75) is 31.6 Å². The van der Waals surface area contributed by atoms with E-state index >= 15 is 0 Å². The summed E-state index contributed by atoms with van der Waals surface area (Å²) in [5, 5.41) is 4.15. The van der Waals surface area contributed by atoms with Crippen molar-refractivity contribution >= 4 is 11.7 Å². The van der Waals surface area contributed by atoms with E-state index < -0.39 is 0 Å². The first-order chi connectivity index (χ1) is 16.7. The monoisotopic (exact) mass is 463 g/mol. The Kier molecular flexibility index (Phi) is 6.60. The average molecular weight is 464 g/mol. The molecule has 3 heterocycles. The lowest BCUT2D eigenvalue weighted by atomic mass is 10.1. The zero-order valence-corrected chi connectivity index (χ0v) is 19.4. The van der Waals surface area contributed by atoms with Gasteiger partial charge in [0.2, 0.25) is 11.7 Å². The van der Waals surface area contributed by atoms with E-state index in [9.17, 15) is 4.79 Å². The number of hydrogen-bond acceptors (Lipinski definition) is 8. The zero-order chi connectivity index (χ0) is 23.3. The third-order valence-electron chi connectivity index (χ3n) is 6.53. The van der Waals surface area contributed by atoms with E-state index in [1.165, 1.54) is 12.8 Å². The van der Waals surface area contributed by atoms with E-state index in [0.717, 1.165) is 35.9 Å². The molecule has 1 amide bonds. The molecule has 0 spiro atoms. The highest BCUT2D eigenvalue weighted by Gasteiger charge is 2.24. The van der Waals surface area contributed by atoms with Crippen LogP contribution >= 0.6 is 0 Å². The van der Waals surface area contributed by atoms with Crippen molar-refractivity contribution in [1.29, 1.82) is 0 Å². The Labute approximate surface area is 198 Å². The fraction of sp³-hybridized carbons (Fsp3) is 0.440. The van der Waals surface area contributed by atoms with E-state index in [2.05, 4.69) is 20.0 Å². The van der Waals surface area contributed by atoms with Crippen LogP contribution in [-0.2, 0) is 4.79 Å². The molecule has 1 saturated carbocycles. The van der Waals surface area contributed by atoms with Crippen molar-refractivity contribution in [3.63, 3.8) is 0 Å². The zero-order valence-electron chi connectivity index (χ0n) is 19.4. The third-order valence-corrected chi connectivity index (χ3v) is 6.53. The SMILES string of the molecule is COc1ccc(OCC(=O)N2CCN(c3ccc(-c4noc(C5CCCC5)n4)cn3)CC2)cc1. The first-order valence-corrected chi connectivity index (χ1v) is 11.8. The summed E-state index contributed by atoms with van der Waals surface area (Å²) in [4.78, 5) is 25.8. The van der Waals surface area contributed by atoms with Gasteiger partial charge in [0.1, 0.15) is 17.3 Å². The van der Waals surface area contributed by atoms with E-state index in [1.807, 2.05) is 29.2 Å². The number of aromatic nitrogens is 3. The molecule has 1 aliphatic carbocycles. The van der Waals surface area contributed by atoms with Crippen molar-refractivity contribution in [3.05, 3.63) is 48.5 Å². The Bertz CT molecular complexity index is 1090. The van der Waals surface area contributed by atoms with E-state index in [1.54, 1.807) is 25.4 Å². The molecular weight excluding hydrogens is 434 g/mol. The van der Waals surface area contributed by atoms with Crippen LogP contribution in [-0.4, -0.2) is 65.8 Å². The molecular formula is C25H29N5O4. The Morgan fingerprint density at radius 2 is 1.76 bits per heavy atom. The van der Waals surface area contributed by atoms with Crippen LogP contribution < -0.4 is 14.4 Å². The maximum Gasteiger partial charge on any atom is 0.260 e. The summed E-state index contributed by atoms with van der Waals surface area (Å²) in [6.45, 7) is 2.71. The lowest BCUT2D eigenvalue weighted by molar-refractivity contribution is -0.133. The Morgan fingerprint density at radius 1 is 1.03 bits per heavy atom. The number of hydrogen-bond donors (Lipinski definition) is 0. The Balaban J connectivity index is 1.11. The number of benzene rings is 1. The number of anilines is 1. The summed E-state index contributed by atoms with van der Waals surface area (Å²) in [7, 11) is 1.61. The molecule has 2 aromatic heterocycles. The number of ether oxygens (including phenoxy) is 2. The quantitative estimate of drug-likeness (QED) is 0.525. The summed E-state index contributed by atoms with van der Waals surface area (Å²) in [6, 6.07) is 11.2. The van der Waals surface area contributed by atoms with Crippen molar-refractivity contribution in [2.75, 3.05) is 44.8 Å². The van der Waals surface area contributed by atoms with Crippen LogP contribution in [0.4, 0.5) is 5.82 Å². The van der Waals surface area contributed by atoms with Crippen LogP contribution in [0.15, 0.2) is 47.1 Å². The highest BCUT2D eigenvalue weighted by atomic mass is 16.5. The number of rotatable bonds is 7. The van der Waals surface area contributed by atoms with Crippen LogP contribution in [0.5, 0.6) is 11.5 Å². The van der Waals surface area contributed by atoms with E-state index in [-0.39, 0.29) is 12.5 Å². The van der Waals surface area contributed by atoms with Crippen molar-refractivity contribution < 1.29 is 18.8 Å². The molecule has 9 heteroatoms. The molecule has 0 N–H and O–H groups in total. The molecule has 0 bridgehead atoms. The van der Waals surface area contributed by atoms with Gasteiger partial charge in [0, 0.05) is 43.9 Å². The van der Waals surface area contributed by atoms with Crippen LogP contribution in [0.3, 0.4) is 0 Å². The fourth-order valence-corrected chi connectivity index (χ4v) is 4.49. The molecule has 0 atom stereocenters. The maximum atomic E-state index is 12.6. The minimum absolute atomic E-state index is 0.0195. The smallest absolute Gasteiger partial charge is 0.260 e.